The van der Waals surface area contributed by atoms with Crippen LogP contribution in [0.4, 0.5) is 0 Å². The third kappa shape index (κ3) is 0.690. The largest absolute Gasteiger partial charge is 0.172 e. The maximum atomic E-state index is 4.18. The Kier molecular flexibility index (Phi) is 1.25. The molecule has 2 aromatic rings. The van der Waals surface area contributed by atoms with Crippen molar-refractivity contribution in [1.29, 1.82) is 0 Å². The van der Waals surface area contributed by atoms with E-state index < -0.39 is 0 Å². The lowest BCUT2D eigenvalue weighted by Crippen LogP contribution is -1.68. The Hall–Kier alpha value is -0.480. The van der Waals surface area contributed by atoms with Crippen LogP contribution in [0.1, 0.15) is 10.4 Å². The van der Waals surface area contributed by atoms with E-state index in [-0.39, 0.29) is 0 Å². The summed E-state index contributed by atoms with van der Waals surface area (Å²) >= 11 is 3.02. The van der Waals surface area contributed by atoms with E-state index in [1.54, 1.807) is 11.3 Å². The third-order valence-electron chi connectivity index (χ3n) is 1.59. The Bertz CT molecular complexity index is 361. The van der Waals surface area contributed by atoms with E-state index >= 15 is 0 Å². The zero-order valence-corrected chi connectivity index (χ0v) is 7.34. The van der Waals surface area contributed by atoms with Crippen LogP contribution in [0.5, 0.6) is 0 Å². The van der Waals surface area contributed by atoms with Gasteiger partial charge in [0.15, 0.2) is 4.83 Å². The molecular formula is C6H6N2S2. The molecule has 52 valence electrons. The fourth-order valence-corrected chi connectivity index (χ4v) is 2.51. The van der Waals surface area contributed by atoms with E-state index in [1.807, 2.05) is 0 Å². The minimum atomic E-state index is 1.08. The smallest absolute Gasteiger partial charge is 0.158 e. The molecule has 0 radical (unpaired) electrons. The molecule has 0 amide bonds. The molecule has 0 spiro atoms. The Balaban J connectivity index is 2.95. The molecule has 4 heteroatoms. The molecule has 0 saturated carbocycles. The van der Waals surface area contributed by atoms with Gasteiger partial charge in [-0.2, -0.15) is 8.75 Å². The summed E-state index contributed by atoms with van der Waals surface area (Å²) in [5, 5.41) is 0. The molecule has 0 atom stereocenters. The third-order valence-corrected chi connectivity index (χ3v) is 3.33. The van der Waals surface area contributed by atoms with E-state index in [2.05, 4.69) is 22.6 Å². The molecule has 0 aliphatic heterocycles. The van der Waals surface area contributed by atoms with E-state index in [1.165, 1.54) is 22.2 Å². The van der Waals surface area contributed by atoms with Gasteiger partial charge in [0.2, 0.25) is 0 Å². The molecule has 0 fully saturated rings. The molecule has 0 aliphatic rings. The molecule has 2 nitrogen and oxygen atoms in total. The van der Waals surface area contributed by atoms with Crippen molar-refractivity contribution in [3.63, 3.8) is 0 Å². The number of aryl methyl sites for hydroxylation is 2. The molecule has 2 heterocycles. The SMILES string of the molecule is Cc1sc2nsnc2c1C. The predicted octanol–water partition coefficient (Wildman–Crippen LogP) is 2.37. The summed E-state index contributed by atoms with van der Waals surface area (Å²) in [7, 11) is 0. The summed E-state index contributed by atoms with van der Waals surface area (Å²) in [6.45, 7) is 4.20. The highest BCUT2D eigenvalue weighted by Crippen LogP contribution is 2.27. The molecule has 0 saturated heterocycles. The predicted molar refractivity (Wildman–Crippen MR) is 44.8 cm³/mol. The van der Waals surface area contributed by atoms with Crippen LogP contribution in [-0.2, 0) is 0 Å². The maximum Gasteiger partial charge on any atom is 0.158 e. The lowest BCUT2D eigenvalue weighted by Gasteiger charge is -1.82. The molecule has 10 heavy (non-hydrogen) atoms. The van der Waals surface area contributed by atoms with Gasteiger partial charge in [0.1, 0.15) is 5.52 Å². The van der Waals surface area contributed by atoms with Gasteiger partial charge in [0.05, 0.1) is 11.7 Å². The molecule has 0 N–H and O–H groups in total. The number of thiophene rings is 1. The first-order chi connectivity index (χ1) is 4.79. The van der Waals surface area contributed by atoms with Crippen molar-refractivity contribution in [2.75, 3.05) is 0 Å². The number of fused-ring (bicyclic) bond motifs is 1. The van der Waals surface area contributed by atoms with Crippen molar-refractivity contribution < 1.29 is 0 Å². The van der Waals surface area contributed by atoms with Crippen LogP contribution in [0, 0.1) is 13.8 Å². The molecular weight excluding hydrogens is 164 g/mol. The maximum absolute atomic E-state index is 4.18. The fraction of sp³-hybridized carbons (Fsp3) is 0.333. The molecule has 2 rings (SSSR count). The van der Waals surface area contributed by atoms with E-state index in [0.717, 1.165) is 10.3 Å². The van der Waals surface area contributed by atoms with Crippen molar-refractivity contribution in [1.82, 2.24) is 8.75 Å². The Morgan fingerprint density at radius 3 is 2.70 bits per heavy atom. The monoisotopic (exact) mass is 170 g/mol. The van der Waals surface area contributed by atoms with Gasteiger partial charge >= 0.3 is 0 Å². The zero-order chi connectivity index (χ0) is 7.14. The van der Waals surface area contributed by atoms with Crippen LogP contribution in [0.25, 0.3) is 10.3 Å². The summed E-state index contributed by atoms with van der Waals surface area (Å²) in [5.41, 5.74) is 2.38. The number of aromatic nitrogens is 2. The number of rotatable bonds is 0. The van der Waals surface area contributed by atoms with Gasteiger partial charge in [0, 0.05) is 4.88 Å². The van der Waals surface area contributed by atoms with E-state index in [0.29, 0.717) is 0 Å². The molecule has 0 unspecified atom stereocenters. The highest BCUT2D eigenvalue weighted by molar-refractivity contribution is 7.20. The molecule has 0 aliphatic carbocycles. The summed E-state index contributed by atoms with van der Waals surface area (Å²) in [6, 6.07) is 0. The minimum Gasteiger partial charge on any atom is -0.172 e. The fourth-order valence-electron chi connectivity index (χ4n) is 0.865. The number of hydrogen-bond donors (Lipinski definition) is 0. The lowest BCUT2D eigenvalue weighted by atomic mass is 10.3. The highest BCUT2D eigenvalue weighted by atomic mass is 32.1. The summed E-state index contributed by atoms with van der Waals surface area (Å²) < 4.78 is 8.33. The first kappa shape index (κ1) is 6.24. The lowest BCUT2D eigenvalue weighted by molar-refractivity contribution is 1.44. The van der Waals surface area contributed by atoms with Gasteiger partial charge in [-0.25, -0.2) is 0 Å². The standard InChI is InChI=1S/C6H6N2S2/c1-3-4(2)9-6-5(3)7-10-8-6/h1-2H3. The molecule has 0 bridgehead atoms. The van der Waals surface area contributed by atoms with Crippen LogP contribution in [0.15, 0.2) is 0 Å². The Morgan fingerprint density at radius 2 is 2.00 bits per heavy atom. The average molecular weight is 170 g/mol. The number of nitrogens with zero attached hydrogens (tertiary/aromatic N) is 2. The minimum absolute atomic E-state index is 1.08. The molecule has 2 aromatic heterocycles. The summed E-state index contributed by atoms with van der Waals surface area (Å²) in [4.78, 5) is 2.41. The van der Waals surface area contributed by atoms with Gasteiger partial charge in [-0.05, 0) is 19.4 Å². The van der Waals surface area contributed by atoms with Crippen LogP contribution >= 0.6 is 23.1 Å². The second-order valence-corrected chi connectivity index (χ2v) is 3.93. The van der Waals surface area contributed by atoms with Crippen LogP contribution in [-0.4, -0.2) is 8.75 Å². The van der Waals surface area contributed by atoms with Crippen LogP contribution < -0.4 is 0 Å². The second kappa shape index (κ2) is 2.00. The van der Waals surface area contributed by atoms with Gasteiger partial charge in [0.25, 0.3) is 0 Å². The average Bonchev–Trinajstić information content (AvgIpc) is 2.41. The Morgan fingerprint density at radius 1 is 1.20 bits per heavy atom. The van der Waals surface area contributed by atoms with Gasteiger partial charge in [-0.15, -0.1) is 11.3 Å². The van der Waals surface area contributed by atoms with Crippen molar-refractivity contribution in [3.8, 4) is 0 Å². The topological polar surface area (TPSA) is 25.8 Å². The molecule has 0 aromatic carbocycles. The van der Waals surface area contributed by atoms with Crippen molar-refractivity contribution >= 4 is 33.4 Å². The normalized spacial score (nSPS) is 11.0. The summed E-state index contributed by atoms with van der Waals surface area (Å²) in [6.07, 6.45) is 0. The van der Waals surface area contributed by atoms with Gasteiger partial charge < -0.3 is 0 Å². The highest BCUT2D eigenvalue weighted by Gasteiger charge is 2.07. The van der Waals surface area contributed by atoms with Gasteiger partial charge in [-0.1, -0.05) is 0 Å². The van der Waals surface area contributed by atoms with E-state index in [4.69, 9.17) is 0 Å². The first-order valence-electron chi connectivity index (χ1n) is 2.97. The quantitative estimate of drug-likeness (QED) is 0.606. The van der Waals surface area contributed by atoms with Crippen molar-refractivity contribution in [3.05, 3.63) is 10.4 Å². The number of hydrogen-bond acceptors (Lipinski definition) is 4. The van der Waals surface area contributed by atoms with Crippen LogP contribution in [0.3, 0.4) is 0 Å². The van der Waals surface area contributed by atoms with Gasteiger partial charge in [-0.3, -0.25) is 0 Å². The zero-order valence-electron chi connectivity index (χ0n) is 5.71. The Labute approximate surface area is 66.8 Å². The summed E-state index contributed by atoms with van der Waals surface area (Å²) in [5.74, 6) is 0. The second-order valence-electron chi connectivity index (χ2n) is 2.20. The van der Waals surface area contributed by atoms with Crippen molar-refractivity contribution in [2.24, 2.45) is 0 Å². The van der Waals surface area contributed by atoms with Crippen molar-refractivity contribution in [2.45, 2.75) is 13.8 Å². The van der Waals surface area contributed by atoms with E-state index in [9.17, 15) is 0 Å². The van der Waals surface area contributed by atoms with Crippen LogP contribution in [0.2, 0.25) is 0 Å². The first-order valence-corrected chi connectivity index (χ1v) is 4.52.